The number of aliphatic hydroxyl groups excluding tert-OH is 1. The number of hydrogen-bond acceptors (Lipinski definition) is 4. The average molecular weight is 381 g/mol. The summed E-state index contributed by atoms with van der Waals surface area (Å²) < 4.78 is 5.36. The largest absolute Gasteiger partial charge is 0.497 e. The molecule has 2 bridgehead atoms. The Morgan fingerprint density at radius 3 is 2.81 bits per heavy atom. The number of piperidine rings is 3. The maximum Gasteiger partial charge on any atom is 0.119 e. The second-order valence-electron chi connectivity index (χ2n) is 7.24. The van der Waals surface area contributed by atoms with Crippen molar-refractivity contribution < 1.29 is 15.3 Å². The molecule has 3 fully saturated rings. The van der Waals surface area contributed by atoms with Crippen LogP contribution in [0.5, 0.6) is 5.75 Å². The Labute approximate surface area is 161 Å². The number of nitrogens with zero attached hydrogens (tertiary/aromatic N) is 2. The quantitative estimate of drug-likeness (QED) is 0.884. The maximum absolute atomic E-state index is 11.2. The molecule has 3 N–H and O–H groups in total. The van der Waals surface area contributed by atoms with Crippen LogP contribution in [-0.4, -0.2) is 46.7 Å². The molecule has 0 amide bonds. The third-order valence-corrected chi connectivity index (χ3v) is 6.13. The van der Waals surface area contributed by atoms with Gasteiger partial charge in [-0.05, 0) is 61.1 Å². The second-order valence-corrected chi connectivity index (χ2v) is 7.24. The van der Waals surface area contributed by atoms with Gasteiger partial charge in [0.1, 0.15) is 5.75 Å². The zero-order chi connectivity index (χ0) is 16.7. The van der Waals surface area contributed by atoms with Crippen molar-refractivity contribution in [3.8, 4) is 5.75 Å². The van der Waals surface area contributed by atoms with E-state index in [0.29, 0.717) is 0 Å². The van der Waals surface area contributed by atoms with E-state index in [2.05, 4.69) is 16.8 Å². The molecule has 0 radical (unpaired) electrons. The number of halogens is 1. The fourth-order valence-electron chi connectivity index (χ4n) is 4.71. The molecule has 0 aliphatic carbocycles. The van der Waals surface area contributed by atoms with Gasteiger partial charge < -0.3 is 15.3 Å². The van der Waals surface area contributed by atoms with Gasteiger partial charge in [-0.15, -0.1) is 12.4 Å². The molecule has 2 aromatic rings. The lowest BCUT2D eigenvalue weighted by Gasteiger charge is -2.51. The Bertz CT molecular complexity index is 742. The van der Waals surface area contributed by atoms with Gasteiger partial charge in [0.2, 0.25) is 0 Å². The Hall–Kier alpha value is -1.40. The lowest BCUT2D eigenvalue weighted by atomic mass is 9.72. The minimum Gasteiger partial charge on any atom is -0.497 e. The number of benzene rings is 1. The predicted octanol–water partition coefficient (Wildman–Crippen LogP) is 2.99. The highest BCUT2D eigenvalue weighted by molar-refractivity contribution is 5.85. The van der Waals surface area contributed by atoms with Gasteiger partial charge in [0.15, 0.2) is 0 Å². The highest BCUT2D eigenvalue weighted by Gasteiger charge is 2.42. The highest BCUT2D eigenvalue weighted by Crippen LogP contribution is 2.42. The molecule has 5 nitrogen and oxygen atoms in total. The van der Waals surface area contributed by atoms with E-state index in [9.17, 15) is 5.11 Å². The van der Waals surface area contributed by atoms with Crippen LogP contribution in [0.1, 0.15) is 37.9 Å². The van der Waals surface area contributed by atoms with Gasteiger partial charge in [0.25, 0.3) is 0 Å². The lowest BCUT2D eigenvalue weighted by Crippen LogP contribution is -2.55. The van der Waals surface area contributed by atoms with Crippen molar-refractivity contribution in [2.24, 2.45) is 11.8 Å². The van der Waals surface area contributed by atoms with Crippen LogP contribution < -0.4 is 4.74 Å². The van der Waals surface area contributed by atoms with Gasteiger partial charge in [-0.1, -0.05) is 13.3 Å². The molecule has 26 heavy (non-hydrogen) atoms. The normalized spacial score (nSPS) is 28.1. The molecular formula is C20H29ClN2O3. The number of aromatic nitrogens is 1. The summed E-state index contributed by atoms with van der Waals surface area (Å²) in [6, 6.07) is 8.07. The number of pyridine rings is 1. The van der Waals surface area contributed by atoms with Gasteiger partial charge in [-0.3, -0.25) is 9.88 Å². The molecule has 144 valence electrons. The number of aliphatic hydroxyl groups is 1. The molecule has 0 spiro atoms. The van der Waals surface area contributed by atoms with Crippen molar-refractivity contribution in [3.63, 3.8) is 0 Å². The van der Waals surface area contributed by atoms with E-state index in [4.69, 9.17) is 4.74 Å². The van der Waals surface area contributed by atoms with Gasteiger partial charge >= 0.3 is 0 Å². The molecule has 3 aliphatic rings. The maximum atomic E-state index is 11.2. The smallest absolute Gasteiger partial charge is 0.119 e. The highest BCUT2D eigenvalue weighted by atomic mass is 35.5. The summed E-state index contributed by atoms with van der Waals surface area (Å²) in [6.45, 7) is 4.55. The van der Waals surface area contributed by atoms with Crippen LogP contribution in [0.15, 0.2) is 30.5 Å². The Morgan fingerprint density at radius 2 is 2.15 bits per heavy atom. The summed E-state index contributed by atoms with van der Waals surface area (Å²) in [5.41, 5.74) is 1.89. The molecule has 5 atom stereocenters. The van der Waals surface area contributed by atoms with Crippen molar-refractivity contribution in [2.45, 2.75) is 38.3 Å². The zero-order valence-electron chi connectivity index (χ0n) is 15.4. The summed E-state index contributed by atoms with van der Waals surface area (Å²) in [5.74, 6) is 2.37. The molecule has 6 heteroatoms. The molecule has 5 rings (SSSR count). The molecule has 0 unspecified atom stereocenters. The summed E-state index contributed by atoms with van der Waals surface area (Å²) in [6.07, 6.45) is 4.97. The van der Waals surface area contributed by atoms with Crippen LogP contribution in [0.3, 0.4) is 0 Å². The molecular weight excluding hydrogens is 352 g/mol. The summed E-state index contributed by atoms with van der Waals surface area (Å²) in [7, 11) is 1.67. The van der Waals surface area contributed by atoms with Crippen molar-refractivity contribution in [2.75, 3.05) is 20.2 Å². The summed E-state index contributed by atoms with van der Waals surface area (Å²) >= 11 is 0. The first-order valence-electron chi connectivity index (χ1n) is 9.06. The molecule has 0 saturated carbocycles. The van der Waals surface area contributed by atoms with E-state index in [-0.39, 0.29) is 23.9 Å². The zero-order valence-corrected chi connectivity index (χ0v) is 16.2. The Balaban J connectivity index is 0.00000121. The first-order chi connectivity index (χ1) is 11.7. The van der Waals surface area contributed by atoms with E-state index >= 15 is 0 Å². The third-order valence-electron chi connectivity index (χ3n) is 6.13. The van der Waals surface area contributed by atoms with Gasteiger partial charge in [0, 0.05) is 24.2 Å². The van der Waals surface area contributed by atoms with Gasteiger partial charge in [-0.25, -0.2) is 0 Å². The van der Waals surface area contributed by atoms with Crippen LogP contribution >= 0.6 is 12.4 Å². The minimum atomic E-state index is -0.469. The van der Waals surface area contributed by atoms with Crippen LogP contribution in [0.25, 0.3) is 10.9 Å². The van der Waals surface area contributed by atoms with E-state index < -0.39 is 6.10 Å². The third kappa shape index (κ3) is 3.54. The standard InChI is InChI=1S/C20H26N2O2.ClH.H2O/c1-3-13-12-22-9-7-14(13)10-19(22)20(23)16-6-8-21-18-5-4-15(24-2)11-17(16)18;;/h4-6,8,11,13-14,19-20,23H,3,7,9-10,12H2,1-2H3;1H;1H2/t13-,14-,19-,20+;;/m0../s1. The Morgan fingerprint density at radius 1 is 1.35 bits per heavy atom. The van der Waals surface area contributed by atoms with E-state index in [0.717, 1.165) is 53.6 Å². The number of hydrogen-bond donors (Lipinski definition) is 1. The average Bonchev–Trinajstić information content (AvgIpc) is 2.66. The van der Waals surface area contributed by atoms with E-state index in [1.165, 1.54) is 12.8 Å². The Kier molecular flexibility index (Phi) is 6.86. The molecule has 4 heterocycles. The fraction of sp³-hybridized carbons (Fsp3) is 0.550. The second kappa shape index (κ2) is 8.53. The first-order valence-corrected chi connectivity index (χ1v) is 9.06. The van der Waals surface area contributed by atoms with E-state index in [1.807, 2.05) is 24.3 Å². The lowest BCUT2D eigenvalue weighted by molar-refractivity contribution is -0.0562. The number of rotatable bonds is 4. The molecule has 1 aromatic carbocycles. The number of ether oxygens (including phenoxy) is 1. The van der Waals surface area contributed by atoms with Crippen molar-refractivity contribution in [3.05, 3.63) is 36.0 Å². The summed E-state index contributed by atoms with van der Waals surface area (Å²) in [4.78, 5) is 6.94. The van der Waals surface area contributed by atoms with Crippen molar-refractivity contribution in [1.82, 2.24) is 9.88 Å². The molecule has 3 saturated heterocycles. The van der Waals surface area contributed by atoms with Crippen LogP contribution in [0, 0.1) is 11.8 Å². The van der Waals surface area contributed by atoms with Crippen LogP contribution in [-0.2, 0) is 0 Å². The van der Waals surface area contributed by atoms with Crippen LogP contribution in [0.2, 0.25) is 0 Å². The van der Waals surface area contributed by atoms with Gasteiger partial charge in [-0.2, -0.15) is 0 Å². The summed E-state index contributed by atoms with van der Waals surface area (Å²) in [5, 5.41) is 12.2. The first kappa shape index (κ1) is 20.9. The van der Waals surface area contributed by atoms with E-state index in [1.54, 1.807) is 13.3 Å². The SMILES string of the molecule is CC[C@H]1C[N@]2CC[C@H]1C[C@H]2[C@H](O)c1ccnc2ccc(OC)cc12.Cl.O. The monoisotopic (exact) mass is 380 g/mol. The number of methoxy groups -OCH3 is 1. The fourth-order valence-corrected chi connectivity index (χ4v) is 4.71. The minimum absolute atomic E-state index is 0. The van der Waals surface area contributed by atoms with Crippen LogP contribution in [0.4, 0.5) is 0 Å². The molecule has 1 aromatic heterocycles. The topological polar surface area (TPSA) is 77.1 Å². The van der Waals surface area contributed by atoms with Gasteiger partial charge in [0.05, 0.1) is 18.7 Å². The van der Waals surface area contributed by atoms with Crippen molar-refractivity contribution >= 4 is 23.3 Å². The predicted molar refractivity (Wildman–Crippen MR) is 106 cm³/mol. The number of fused-ring (bicyclic) bond motifs is 4. The molecule has 3 aliphatic heterocycles. The van der Waals surface area contributed by atoms with Crippen molar-refractivity contribution in [1.29, 1.82) is 0 Å².